The van der Waals surface area contributed by atoms with Crippen LogP contribution in [0, 0.1) is 28.6 Å². The highest BCUT2D eigenvalue weighted by molar-refractivity contribution is 6.17. The number of ketones is 2. The van der Waals surface area contributed by atoms with Gasteiger partial charge in [-0.1, -0.05) is 37.6 Å². The van der Waals surface area contributed by atoms with Gasteiger partial charge in [0.15, 0.2) is 12.4 Å². The number of allylic oxidation sites excluding steroid dienone is 4. The van der Waals surface area contributed by atoms with E-state index < -0.39 is 40.9 Å². The molecule has 0 heterocycles. The number of benzene rings is 1. The van der Waals surface area contributed by atoms with Crippen molar-refractivity contribution in [2.75, 3.05) is 6.61 Å². The molecule has 0 saturated heterocycles. The summed E-state index contributed by atoms with van der Waals surface area (Å²) < 4.78 is 5.30. The number of ether oxygens (including phenoxy) is 1. The Kier molecular flexibility index (Phi) is 6.29. The lowest BCUT2D eigenvalue weighted by Gasteiger charge is -2.59. The predicted octanol–water partition coefficient (Wildman–Crippen LogP) is 4.16. The molecule has 7 atom stereocenters. The highest BCUT2D eigenvalue weighted by Crippen LogP contribution is 2.67. The van der Waals surface area contributed by atoms with E-state index in [-0.39, 0.29) is 36.4 Å². The quantitative estimate of drug-likeness (QED) is 0.454. The molecule has 36 heavy (non-hydrogen) atoms. The molecule has 0 spiro atoms. The summed E-state index contributed by atoms with van der Waals surface area (Å²) in [5.41, 5.74) is -0.668. The monoisotopic (exact) mass is 512 g/mol. The Labute approximate surface area is 216 Å². The zero-order valence-corrected chi connectivity index (χ0v) is 21.5. The van der Waals surface area contributed by atoms with E-state index in [9.17, 15) is 24.6 Å². The van der Waals surface area contributed by atoms with Crippen LogP contribution in [0.4, 0.5) is 0 Å². The standard InChI is InChI=1S/C29H33ClO6/c1-27-11-9-20(31)13-19(27)7-8-21-22-10-12-29(35,28(22,2)14-23(32)25(21)27)24(33)16-36-26(34)18-5-3-17(15-30)4-6-18/h3-6,9,11,13,21-23,25,32,35H,7-8,10,12,14-16H2,1-2H3/t21-,22-,23-,25+,27-,28-,29-/m0/s1. The van der Waals surface area contributed by atoms with Crippen molar-refractivity contribution in [3.05, 3.63) is 59.2 Å². The number of fused-ring (bicyclic) bond motifs is 5. The Morgan fingerprint density at radius 1 is 1.17 bits per heavy atom. The fourth-order valence-corrected chi connectivity index (χ4v) is 8.03. The number of rotatable bonds is 5. The van der Waals surface area contributed by atoms with Crippen molar-refractivity contribution in [1.29, 1.82) is 0 Å². The normalized spacial score (nSPS) is 39.0. The lowest BCUT2D eigenvalue weighted by molar-refractivity contribution is -0.178. The number of hydrogen-bond donors (Lipinski definition) is 2. The minimum Gasteiger partial charge on any atom is -0.454 e. The minimum absolute atomic E-state index is 0.0126. The third-order valence-electron chi connectivity index (χ3n) is 9.79. The minimum atomic E-state index is -1.68. The first-order chi connectivity index (χ1) is 17.0. The van der Waals surface area contributed by atoms with Crippen LogP contribution in [-0.4, -0.2) is 46.1 Å². The van der Waals surface area contributed by atoms with Crippen LogP contribution in [-0.2, 0) is 20.2 Å². The Morgan fingerprint density at radius 2 is 1.89 bits per heavy atom. The lowest BCUT2D eigenvalue weighted by atomic mass is 9.46. The zero-order chi connectivity index (χ0) is 25.9. The van der Waals surface area contributed by atoms with Crippen molar-refractivity contribution >= 4 is 29.1 Å². The van der Waals surface area contributed by atoms with Gasteiger partial charge in [-0.25, -0.2) is 4.79 Å². The van der Waals surface area contributed by atoms with E-state index in [1.165, 1.54) is 0 Å². The topological polar surface area (TPSA) is 101 Å². The van der Waals surface area contributed by atoms with Gasteiger partial charge in [0.2, 0.25) is 5.78 Å². The first-order valence-electron chi connectivity index (χ1n) is 12.7. The SMILES string of the molecule is C[C@]12C=CC(=O)C=C1CC[C@@H]1[C@@H]2[C@@H](O)C[C@@]2(C)[C@H]1CC[C@]2(O)C(=O)COC(=O)c1ccc(CCl)cc1. The predicted molar refractivity (Wildman–Crippen MR) is 134 cm³/mol. The molecule has 0 radical (unpaired) electrons. The molecule has 0 bridgehead atoms. The average molecular weight is 513 g/mol. The summed E-state index contributed by atoms with van der Waals surface area (Å²) in [6.45, 7) is 3.48. The molecule has 0 aliphatic heterocycles. The van der Waals surface area contributed by atoms with Gasteiger partial charge in [-0.2, -0.15) is 0 Å². The lowest BCUT2D eigenvalue weighted by Crippen LogP contribution is -2.61. The number of alkyl halides is 1. The summed E-state index contributed by atoms with van der Waals surface area (Å²) in [5, 5.41) is 23.2. The number of carbonyl (C=O) groups excluding carboxylic acids is 3. The number of aliphatic hydroxyl groups excluding tert-OH is 1. The van der Waals surface area contributed by atoms with Crippen LogP contribution in [0.15, 0.2) is 48.1 Å². The molecule has 7 heteroatoms. The zero-order valence-electron chi connectivity index (χ0n) is 20.7. The van der Waals surface area contributed by atoms with Crippen LogP contribution in [0.1, 0.15) is 61.9 Å². The van der Waals surface area contributed by atoms with Crippen LogP contribution in [0.2, 0.25) is 0 Å². The van der Waals surface area contributed by atoms with Gasteiger partial charge in [0.25, 0.3) is 0 Å². The van der Waals surface area contributed by atoms with E-state index in [0.717, 1.165) is 24.0 Å². The van der Waals surface area contributed by atoms with Crippen LogP contribution in [0.3, 0.4) is 0 Å². The second-order valence-electron chi connectivity index (χ2n) is 11.4. The number of halogens is 1. The molecule has 192 valence electrons. The smallest absolute Gasteiger partial charge is 0.338 e. The Balaban J connectivity index is 1.34. The maximum atomic E-state index is 13.4. The molecule has 2 N–H and O–H groups in total. The van der Waals surface area contributed by atoms with Crippen LogP contribution in [0.5, 0.6) is 0 Å². The maximum absolute atomic E-state index is 13.4. The second-order valence-corrected chi connectivity index (χ2v) is 11.7. The molecular formula is C29H33ClO6. The fraction of sp³-hybridized carbons (Fsp3) is 0.552. The molecule has 0 aromatic heterocycles. The molecule has 6 nitrogen and oxygen atoms in total. The largest absolute Gasteiger partial charge is 0.454 e. The number of esters is 1. The van der Waals surface area contributed by atoms with Gasteiger partial charge in [-0.15, -0.1) is 11.6 Å². The molecular weight excluding hydrogens is 480 g/mol. The number of hydrogen-bond acceptors (Lipinski definition) is 6. The summed E-state index contributed by atoms with van der Waals surface area (Å²) in [4.78, 5) is 37.9. The van der Waals surface area contributed by atoms with Gasteiger partial charge < -0.3 is 14.9 Å². The summed E-state index contributed by atoms with van der Waals surface area (Å²) in [6.07, 6.45) is 7.31. The Hall–Kier alpha value is -2.28. The van der Waals surface area contributed by atoms with E-state index in [1.807, 2.05) is 13.0 Å². The number of aliphatic hydroxyl groups is 2. The third kappa shape index (κ3) is 3.72. The molecule has 0 amide bonds. The Bertz CT molecular complexity index is 1150. The van der Waals surface area contributed by atoms with Crippen LogP contribution >= 0.6 is 11.6 Å². The number of carbonyl (C=O) groups is 3. The van der Waals surface area contributed by atoms with Gasteiger partial charge >= 0.3 is 5.97 Å². The van der Waals surface area contributed by atoms with E-state index in [2.05, 4.69) is 6.92 Å². The van der Waals surface area contributed by atoms with E-state index in [0.29, 0.717) is 17.9 Å². The van der Waals surface area contributed by atoms with Crippen molar-refractivity contribution in [3.63, 3.8) is 0 Å². The van der Waals surface area contributed by atoms with Crippen molar-refractivity contribution < 1.29 is 29.3 Å². The summed E-state index contributed by atoms with van der Waals surface area (Å²) in [7, 11) is 0. The summed E-state index contributed by atoms with van der Waals surface area (Å²) in [5.74, 6) is -0.747. The van der Waals surface area contributed by atoms with Gasteiger partial charge in [-0.05, 0) is 73.8 Å². The molecule has 4 aliphatic carbocycles. The van der Waals surface area contributed by atoms with E-state index in [1.54, 1.807) is 36.4 Å². The molecule has 5 rings (SSSR count). The first-order valence-corrected chi connectivity index (χ1v) is 13.3. The van der Waals surface area contributed by atoms with Crippen molar-refractivity contribution in [2.24, 2.45) is 28.6 Å². The fourth-order valence-electron chi connectivity index (χ4n) is 7.85. The molecule has 0 unspecified atom stereocenters. The molecule has 1 aromatic carbocycles. The number of Topliss-reactive ketones (excluding diaryl/α,β-unsaturated/α-hetero) is 1. The van der Waals surface area contributed by atoms with Crippen molar-refractivity contribution in [1.82, 2.24) is 0 Å². The van der Waals surface area contributed by atoms with Crippen molar-refractivity contribution in [3.8, 4) is 0 Å². The summed E-state index contributed by atoms with van der Waals surface area (Å²) in [6, 6.07) is 6.65. The Morgan fingerprint density at radius 3 is 2.58 bits per heavy atom. The van der Waals surface area contributed by atoms with Gasteiger partial charge in [-0.3, -0.25) is 9.59 Å². The van der Waals surface area contributed by atoms with Gasteiger partial charge in [0, 0.05) is 22.6 Å². The first kappa shape index (κ1) is 25.4. The second kappa shape index (κ2) is 8.93. The van der Waals surface area contributed by atoms with Crippen LogP contribution < -0.4 is 0 Å². The molecule has 1 aromatic rings. The summed E-state index contributed by atoms with van der Waals surface area (Å²) >= 11 is 5.79. The molecule has 3 saturated carbocycles. The maximum Gasteiger partial charge on any atom is 0.338 e. The van der Waals surface area contributed by atoms with E-state index in [4.69, 9.17) is 16.3 Å². The van der Waals surface area contributed by atoms with Gasteiger partial charge in [0.1, 0.15) is 5.60 Å². The highest BCUT2D eigenvalue weighted by Gasteiger charge is 2.68. The van der Waals surface area contributed by atoms with E-state index >= 15 is 0 Å². The van der Waals surface area contributed by atoms with Crippen LogP contribution in [0.25, 0.3) is 0 Å². The van der Waals surface area contributed by atoms with Gasteiger partial charge in [0.05, 0.1) is 11.7 Å². The highest BCUT2D eigenvalue weighted by atomic mass is 35.5. The third-order valence-corrected chi connectivity index (χ3v) is 10.1. The molecule has 4 aliphatic rings. The average Bonchev–Trinajstić information content (AvgIpc) is 3.13. The van der Waals surface area contributed by atoms with Crippen molar-refractivity contribution in [2.45, 2.75) is 63.5 Å². The molecule has 3 fully saturated rings.